The van der Waals surface area contributed by atoms with E-state index in [9.17, 15) is 0 Å². The SMILES string of the molecule is Cc1ccc(Oc2cncc(CNC3CC3)n2)cn1. The molecule has 1 aliphatic carbocycles. The molecule has 0 saturated heterocycles. The van der Waals surface area contributed by atoms with E-state index in [1.807, 2.05) is 19.1 Å². The van der Waals surface area contributed by atoms with Gasteiger partial charge in [-0.1, -0.05) is 0 Å². The molecular weight excluding hydrogens is 240 g/mol. The monoisotopic (exact) mass is 256 g/mol. The second-order valence-electron chi connectivity index (χ2n) is 4.74. The molecule has 1 aliphatic rings. The fourth-order valence-corrected chi connectivity index (χ4v) is 1.69. The lowest BCUT2D eigenvalue weighted by atomic mass is 10.4. The van der Waals surface area contributed by atoms with Crippen LogP contribution < -0.4 is 10.1 Å². The number of aryl methyl sites for hydroxylation is 1. The minimum atomic E-state index is 0.501. The first-order valence-electron chi connectivity index (χ1n) is 6.44. The summed E-state index contributed by atoms with van der Waals surface area (Å²) < 4.78 is 5.63. The lowest BCUT2D eigenvalue weighted by molar-refractivity contribution is 0.454. The van der Waals surface area contributed by atoms with Crippen molar-refractivity contribution in [3.8, 4) is 11.6 Å². The zero-order chi connectivity index (χ0) is 13.1. The Bertz CT molecular complexity index is 552. The van der Waals surface area contributed by atoms with Gasteiger partial charge in [0.2, 0.25) is 5.88 Å². The van der Waals surface area contributed by atoms with Crippen molar-refractivity contribution < 1.29 is 4.74 Å². The highest BCUT2D eigenvalue weighted by Gasteiger charge is 2.20. The summed E-state index contributed by atoms with van der Waals surface area (Å²) in [4.78, 5) is 12.7. The zero-order valence-electron chi connectivity index (χ0n) is 10.8. The van der Waals surface area contributed by atoms with Crippen LogP contribution in [0.4, 0.5) is 0 Å². The maximum absolute atomic E-state index is 5.63. The summed E-state index contributed by atoms with van der Waals surface area (Å²) in [5.41, 5.74) is 1.85. The average Bonchev–Trinajstić information content (AvgIpc) is 3.24. The Balaban J connectivity index is 1.66. The smallest absolute Gasteiger partial charge is 0.238 e. The van der Waals surface area contributed by atoms with Crippen LogP contribution in [0.1, 0.15) is 24.2 Å². The van der Waals surface area contributed by atoms with Crippen LogP contribution in [0.15, 0.2) is 30.7 Å². The first kappa shape index (κ1) is 12.0. The van der Waals surface area contributed by atoms with Crippen LogP contribution in [0.2, 0.25) is 0 Å². The quantitative estimate of drug-likeness (QED) is 0.888. The number of aromatic nitrogens is 3. The van der Waals surface area contributed by atoms with Gasteiger partial charge in [0.05, 0.1) is 18.1 Å². The van der Waals surface area contributed by atoms with Crippen LogP contribution >= 0.6 is 0 Å². The van der Waals surface area contributed by atoms with E-state index >= 15 is 0 Å². The standard InChI is InChI=1S/C14H16N4O/c1-10-2-5-13(8-16-10)19-14-9-15-6-12(18-14)7-17-11-3-4-11/h2,5-6,8-9,11,17H,3-4,7H2,1H3. The van der Waals surface area contributed by atoms with Crippen molar-refractivity contribution in [2.24, 2.45) is 0 Å². The van der Waals surface area contributed by atoms with E-state index in [0.29, 0.717) is 17.7 Å². The number of hydrogen-bond acceptors (Lipinski definition) is 5. The van der Waals surface area contributed by atoms with Crippen LogP contribution in [0.5, 0.6) is 11.6 Å². The molecule has 0 bridgehead atoms. The predicted molar refractivity (Wildman–Crippen MR) is 70.9 cm³/mol. The van der Waals surface area contributed by atoms with Gasteiger partial charge in [0, 0.05) is 24.5 Å². The van der Waals surface area contributed by atoms with E-state index < -0.39 is 0 Å². The van der Waals surface area contributed by atoms with E-state index in [2.05, 4.69) is 20.3 Å². The van der Waals surface area contributed by atoms with Gasteiger partial charge in [0.25, 0.3) is 0 Å². The Hall–Kier alpha value is -2.01. The average molecular weight is 256 g/mol. The van der Waals surface area contributed by atoms with E-state index in [-0.39, 0.29) is 0 Å². The molecule has 2 aromatic rings. The maximum Gasteiger partial charge on any atom is 0.238 e. The van der Waals surface area contributed by atoms with Crippen molar-refractivity contribution in [1.82, 2.24) is 20.3 Å². The number of ether oxygens (including phenoxy) is 1. The van der Waals surface area contributed by atoms with Gasteiger partial charge >= 0.3 is 0 Å². The molecule has 0 aliphatic heterocycles. The van der Waals surface area contributed by atoms with Gasteiger partial charge < -0.3 is 10.1 Å². The van der Waals surface area contributed by atoms with Crippen LogP contribution in [0.25, 0.3) is 0 Å². The highest BCUT2D eigenvalue weighted by molar-refractivity contribution is 5.24. The van der Waals surface area contributed by atoms with Crippen molar-refractivity contribution in [1.29, 1.82) is 0 Å². The normalized spacial score (nSPS) is 14.4. The summed E-state index contributed by atoms with van der Waals surface area (Å²) in [5, 5.41) is 3.40. The minimum Gasteiger partial charge on any atom is -0.436 e. The molecule has 98 valence electrons. The fourth-order valence-electron chi connectivity index (χ4n) is 1.69. The van der Waals surface area contributed by atoms with Crippen molar-refractivity contribution in [2.45, 2.75) is 32.4 Å². The minimum absolute atomic E-state index is 0.501. The second-order valence-corrected chi connectivity index (χ2v) is 4.74. The molecule has 19 heavy (non-hydrogen) atoms. The lowest BCUT2D eigenvalue weighted by Gasteiger charge is -2.06. The molecule has 1 saturated carbocycles. The molecular formula is C14H16N4O. The van der Waals surface area contributed by atoms with Gasteiger partial charge in [0.1, 0.15) is 5.75 Å². The van der Waals surface area contributed by atoms with Crippen molar-refractivity contribution >= 4 is 0 Å². The Morgan fingerprint density at radius 1 is 1.26 bits per heavy atom. The molecule has 0 spiro atoms. The molecule has 5 nitrogen and oxygen atoms in total. The van der Waals surface area contributed by atoms with Gasteiger partial charge in [-0.25, -0.2) is 4.98 Å². The largest absolute Gasteiger partial charge is 0.436 e. The molecule has 0 unspecified atom stereocenters. The molecule has 5 heteroatoms. The molecule has 0 amide bonds. The fraction of sp³-hybridized carbons (Fsp3) is 0.357. The van der Waals surface area contributed by atoms with Crippen LogP contribution in [-0.2, 0) is 6.54 Å². The third-order valence-corrected chi connectivity index (χ3v) is 2.92. The topological polar surface area (TPSA) is 59.9 Å². The lowest BCUT2D eigenvalue weighted by Crippen LogP contribution is -2.16. The van der Waals surface area contributed by atoms with Gasteiger partial charge in [-0.2, -0.15) is 0 Å². The number of nitrogens with zero attached hydrogens (tertiary/aromatic N) is 3. The first-order valence-corrected chi connectivity index (χ1v) is 6.44. The Kier molecular flexibility index (Phi) is 3.37. The number of hydrogen-bond donors (Lipinski definition) is 1. The van der Waals surface area contributed by atoms with Crippen LogP contribution in [-0.4, -0.2) is 21.0 Å². The Morgan fingerprint density at radius 3 is 2.89 bits per heavy atom. The molecule has 1 N–H and O–H groups in total. The van der Waals surface area contributed by atoms with Crippen molar-refractivity contribution in [3.05, 3.63) is 42.1 Å². The van der Waals surface area contributed by atoms with Crippen LogP contribution in [0.3, 0.4) is 0 Å². The first-order chi connectivity index (χ1) is 9.29. The van der Waals surface area contributed by atoms with Gasteiger partial charge in [-0.05, 0) is 31.9 Å². The van der Waals surface area contributed by atoms with E-state index in [4.69, 9.17) is 4.74 Å². The molecule has 0 aromatic carbocycles. The van der Waals surface area contributed by atoms with Gasteiger partial charge in [-0.15, -0.1) is 0 Å². The highest BCUT2D eigenvalue weighted by atomic mass is 16.5. The Morgan fingerprint density at radius 2 is 2.16 bits per heavy atom. The third kappa shape index (κ3) is 3.48. The molecule has 1 fully saturated rings. The maximum atomic E-state index is 5.63. The second kappa shape index (κ2) is 5.32. The summed E-state index contributed by atoms with van der Waals surface area (Å²) in [7, 11) is 0. The summed E-state index contributed by atoms with van der Waals surface area (Å²) in [6.45, 7) is 2.68. The van der Waals surface area contributed by atoms with E-state index in [1.54, 1.807) is 18.6 Å². The molecule has 3 rings (SSSR count). The number of rotatable bonds is 5. The summed E-state index contributed by atoms with van der Waals surface area (Å²) in [6.07, 6.45) is 7.58. The predicted octanol–water partition coefficient (Wildman–Crippen LogP) is 2.22. The van der Waals surface area contributed by atoms with Gasteiger partial charge in [-0.3, -0.25) is 9.97 Å². The van der Waals surface area contributed by atoms with E-state index in [1.165, 1.54) is 12.8 Å². The van der Waals surface area contributed by atoms with Crippen molar-refractivity contribution in [3.63, 3.8) is 0 Å². The van der Waals surface area contributed by atoms with Gasteiger partial charge in [0.15, 0.2) is 0 Å². The number of nitrogens with one attached hydrogen (secondary N) is 1. The van der Waals surface area contributed by atoms with Crippen LogP contribution in [0, 0.1) is 6.92 Å². The third-order valence-electron chi connectivity index (χ3n) is 2.92. The van der Waals surface area contributed by atoms with Crippen molar-refractivity contribution in [2.75, 3.05) is 0 Å². The molecule has 2 aromatic heterocycles. The highest BCUT2D eigenvalue weighted by Crippen LogP contribution is 2.20. The summed E-state index contributed by atoms with van der Waals surface area (Å²) >= 11 is 0. The summed E-state index contributed by atoms with van der Waals surface area (Å²) in [5.74, 6) is 1.17. The molecule has 0 radical (unpaired) electrons. The number of pyridine rings is 1. The molecule has 0 atom stereocenters. The summed E-state index contributed by atoms with van der Waals surface area (Å²) in [6, 6.07) is 4.44. The molecule has 2 heterocycles. The zero-order valence-corrected chi connectivity index (χ0v) is 10.8. The Labute approximate surface area is 112 Å². The van der Waals surface area contributed by atoms with E-state index in [0.717, 1.165) is 17.9 Å².